The Morgan fingerprint density at radius 1 is 1.19 bits per heavy atom. The van der Waals surface area contributed by atoms with E-state index in [0.717, 1.165) is 29.2 Å². The molecule has 1 rings (SSSR count). The van der Waals surface area contributed by atoms with Gasteiger partial charge in [-0.05, 0) is 24.3 Å². The van der Waals surface area contributed by atoms with Gasteiger partial charge in [-0.1, -0.05) is 0 Å². The number of alkyl halides is 3. The van der Waals surface area contributed by atoms with E-state index in [1.54, 1.807) is 0 Å². The van der Waals surface area contributed by atoms with Gasteiger partial charge in [-0.15, -0.1) is 13.2 Å². The van der Waals surface area contributed by atoms with E-state index < -0.39 is 28.0 Å². The van der Waals surface area contributed by atoms with Crippen LogP contribution in [0.5, 0.6) is 5.75 Å². The Labute approximate surface area is 148 Å². The number of hydrogen-bond donors (Lipinski definition) is 2. The number of hydrogen-bond acceptors (Lipinski definition) is 5. The van der Waals surface area contributed by atoms with Crippen LogP contribution in [-0.2, 0) is 19.6 Å². The predicted octanol–water partition coefficient (Wildman–Crippen LogP) is 0.458. The molecular formula is C14H18F3N3O5S. The zero-order valence-corrected chi connectivity index (χ0v) is 14.8. The molecule has 1 aromatic rings. The fourth-order valence-electron chi connectivity index (χ4n) is 1.77. The molecule has 0 spiro atoms. The number of halogens is 3. The number of amides is 2. The molecule has 0 saturated heterocycles. The fourth-order valence-corrected chi connectivity index (χ4v) is 2.80. The number of sulfonamides is 1. The third kappa shape index (κ3) is 7.27. The first kappa shape index (κ1) is 21.7. The number of ether oxygens (including phenoxy) is 1. The van der Waals surface area contributed by atoms with Gasteiger partial charge in [0.2, 0.25) is 21.8 Å². The van der Waals surface area contributed by atoms with Gasteiger partial charge in [0, 0.05) is 27.1 Å². The van der Waals surface area contributed by atoms with Crippen molar-refractivity contribution in [3.8, 4) is 5.75 Å². The normalized spacial score (nSPS) is 11.7. The number of likely N-dealkylation sites (N-methyl/N-ethyl adjacent to an activating group) is 2. The molecule has 0 saturated carbocycles. The molecule has 26 heavy (non-hydrogen) atoms. The number of nitrogens with zero attached hydrogens (tertiary/aromatic N) is 1. The highest BCUT2D eigenvalue weighted by Crippen LogP contribution is 2.23. The lowest BCUT2D eigenvalue weighted by molar-refractivity contribution is -0.274. The van der Waals surface area contributed by atoms with E-state index in [1.165, 1.54) is 14.1 Å². The minimum absolute atomic E-state index is 0.164. The lowest BCUT2D eigenvalue weighted by Crippen LogP contribution is -2.38. The molecule has 146 valence electrons. The average Bonchev–Trinajstić information content (AvgIpc) is 2.53. The molecule has 0 fully saturated rings. The number of carbonyl (C=O) groups is 2. The molecule has 2 N–H and O–H groups in total. The molecule has 0 radical (unpaired) electrons. The van der Waals surface area contributed by atoms with Crippen molar-refractivity contribution in [3.63, 3.8) is 0 Å². The summed E-state index contributed by atoms with van der Waals surface area (Å²) in [5.41, 5.74) is 0. The highest BCUT2D eigenvalue weighted by atomic mass is 32.2. The molecule has 0 bridgehead atoms. The molecule has 0 unspecified atom stereocenters. The van der Waals surface area contributed by atoms with Gasteiger partial charge in [-0.25, -0.2) is 13.1 Å². The van der Waals surface area contributed by atoms with Crippen LogP contribution in [0.25, 0.3) is 0 Å². The second-order valence-corrected chi connectivity index (χ2v) is 6.86. The van der Waals surface area contributed by atoms with E-state index >= 15 is 0 Å². The second kappa shape index (κ2) is 8.85. The summed E-state index contributed by atoms with van der Waals surface area (Å²) in [4.78, 5) is 23.8. The first-order chi connectivity index (χ1) is 11.9. The predicted molar refractivity (Wildman–Crippen MR) is 84.6 cm³/mol. The lowest BCUT2D eigenvalue weighted by Gasteiger charge is -2.16. The monoisotopic (exact) mass is 397 g/mol. The van der Waals surface area contributed by atoms with Gasteiger partial charge in [0.05, 0.1) is 11.4 Å². The van der Waals surface area contributed by atoms with Crippen LogP contribution in [0.3, 0.4) is 0 Å². The molecule has 8 nitrogen and oxygen atoms in total. The van der Waals surface area contributed by atoms with Gasteiger partial charge < -0.3 is 15.0 Å². The van der Waals surface area contributed by atoms with Crippen LogP contribution in [-0.4, -0.2) is 58.7 Å². The molecular weight excluding hydrogens is 379 g/mol. The first-order valence-corrected chi connectivity index (χ1v) is 8.73. The van der Waals surface area contributed by atoms with Crippen molar-refractivity contribution < 1.29 is 35.9 Å². The zero-order chi connectivity index (χ0) is 20.0. The zero-order valence-electron chi connectivity index (χ0n) is 14.0. The second-order valence-electron chi connectivity index (χ2n) is 5.09. The van der Waals surface area contributed by atoms with Crippen molar-refractivity contribution in [2.75, 3.05) is 27.2 Å². The standard InChI is InChI=1S/C14H18F3N3O5S/c1-18-12(21)9-20(2)13(22)7-8-19-26(23,24)11-5-3-10(4-6-11)25-14(15,16)17/h3-6,19H,7-9H2,1-2H3,(H,18,21). The smallest absolute Gasteiger partial charge is 0.406 e. The Hall–Kier alpha value is -2.34. The van der Waals surface area contributed by atoms with Gasteiger partial charge in [0.1, 0.15) is 5.75 Å². The van der Waals surface area contributed by atoms with Crippen LogP contribution in [0.1, 0.15) is 6.42 Å². The third-order valence-corrected chi connectivity index (χ3v) is 4.56. The molecule has 0 heterocycles. The summed E-state index contributed by atoms with van der Waals surface area (Å²) in [5.74, 6) is -1.38. The van der Waals surface area contributed by atoms with E-state index in [0.29, 0.717) is 0 Å². The summed E-state index contributed by atoms with van der Waals surface area (Å²) < 4.78 is 66.1. The van der Waals surface area contributed by atoms with Crippen molar-refractivity contribution >= 4 is 21.8 Å². The Morgan fingerprint density at radius 2 is 1.77 bits per heavy atom. The summed E-state index contributed by atoms with van der Waals surface area (Å²) in [6, 6.07) is 3.63. The van der Waals surface area contributed by atoms with Crippen molar-refractivity contribution in [2.24, 2.45) is 0 Å². The largest absolute Gasteiger partial charge is 0.573 e. The van der Waals surface area contributed by atoms with Gasteiger partial charge in [0.15, 0.2) is 0 Å². The van der Waals surface area contributed by atoms with Crippen molar-refractivity contribution in [3.05, 3.63) is 24.3 Å². The van der Waals surface area contributed by atoms with Crippen LogP contribution in [0.15, 0.2) is 29.2 Å². The summed E-state index contributed by atoms with van der Waals surface area (Å²) in [7, 11) is -1.20. The molecule has 0 aliphatic carbocycles. The molecule has 0 aliphatic heterocycles. The molecule has 2 amide bonds. The quantitative estimate of drug-likeness (QED) is 0.663. The minimum atomic E-state index is -4.88. The Balaban J connectivity index is 2.58. The van der Waals surface area contributed by atoms with Crippen LogP contribution < -0.4 is 14.8 Å². The van der Waals surface area contributed by atoms with Crippen molar-refractivity contribution in [1.82, 2.24) is 14.9 Å². The van der Waals surface area contributed by atoms with Crippen LogP contribution >= 0.6 is 0 Å². The molecule has 0 aliphatic rings. The highest BCUT2D eigenvalue weighted by Gasteiger charge is 2.31. The van der Waals surface area contributed by atoms with E-state index in [-0.39, 0.29) is 30.3 Å². The summed E-state index contributed by atoms with van der Waals surface area (Å²) in [5, 5.41) is 2.35. The van der Waals surface area contributed by atoms with Crippen LogP contribution in [0, 0.1) is 0 Å². The summed E-state index contributed by atoms with van der Waals surface area (Å²) in [6.45, 7) is -0.400. The van der Waals surface area contributed by atoms with E-state index in [9.17, 15) is 31.2 Å². The van der Waals surface area contributed by atoms with Gasteiger partial charge in [0.25, 0.3) is 0 Å². The number of benzene rings is 1. The fraction of sp³-hybridized carbons (Fsp3) is 0.429. The molecule has 12 heteroatoms. The van der Waals surface area contributed by atoms with E-state index in [4.69, 9.17) is 0 Å². The highest BCUT2D eigenvalue weighted by molar-refractivity contribution is 7.89. The Morgan fingerprint density at radius 3 is 2.27 bits per heavy atom. The third-order valence-electron chi connectivity index (χ3n) is 3.08. The topological polar surface area (TPSA) is 105 Å². The minimum Gasteiger partial charge on any atom is -0.406 e. The average molecular weight is 397 g/mol. The van der Waals surface area contributed by atoms with Crippen LogP contribution in [0.4, 0.5) is 13.2 Å². The van der Waals surface area contributed by atoms with Gasteiger partial charge in [-0.3, -0.25) is 9.59 Å². The first-order valence-electron chi connectivity index (χ1n) is 7.24. The van der Waals surface area contributed by atoms with Gasteiger partial charge >= 0.3 is 6.36 Å². The van der Waals surface area contributed by atoms with Gasteiger partial charge in [-0.2, -0.15) is 0 Å². The number of nitrogens with one attached hydrogen (secondary N) is 2. The summed E-state index contributed by atoms with van der Waals surface area (Å²) in [6.07, 6.45) is -5.07. The van der Waals surface area contributed by atoms with E-state index in [1.807, 2.05) is 0 Å². The maximum atomic E-state index is 12.1. The van der Waals surface area contributed by atoms with Crippen LogP contribution in [0.2, 0.25) is 0 Å². The lowest BCUT2D eigenvalue weighted by atomic mass is 10.3. The molecule has 1 aromatic carbocycles. The maximum absolute atomic E-state index is 12.1. The SMILES string of the molecule is CNC(=O)CN(C)C(=O)CCNS(=O)(=O)c1ccc(OC(F)(F)F)cc1. The molecule has 0 atom stereocenters. The Kier molecular flexibility index (Phi) is 7.39. The Bertz CT molecular complexity index is 735. The number of carbonyl (C=O) groups excluding carboxylic acids is 2. The maximum Gasteiger partial charge on any atom is 0.573 e. The van der Waals surface area contributed by atoms with E-state index in [2.05, 4.69) is 14.8 Å². The summed E-state index contributed by atoms with van der Waals surface area (Å²) >= 11 is 0. The molecule has 0 aromatic heterocycles. The number of rotatable bonds is 8. The van der Waals surface area contributed by atoms with Crippen molar-refractivity contribution in [2.45, 2.75) is 17.7 Å². The van der Waals surface area contributed by atoms with Crippen molar-refractivity contribution in [1.29, 1.82) is 0 Å².